The molecule has 15 heavy (non-hydrogen) atoms. The predicted octanol–water partition coefficient (Wildman–Crippen LogP) is 1.84. The second-order valence-electron chi connectivity index (χ2n) is 4.51. The molecule has 0 unspecified atom stereocenters. The Balaban J connectivity index is 2.53. The Morgan fingerprint density at radius 3 is 2.27 bits per heavy atom. The van der Waals surface area contributed by atoms with Crippen LogP contribution in [0.3, 0.4) is 0 Å². The summed E-state index contributed by atoms with van der Waals surface area (Å²) >= 11 is 0. The van der Waals surface area contributed by atoms with Crippen molar-refractivity contribution in [3.8, 4) is 0 Å². The lowest BCUT2D eigenvalue weighted by atomic mass is 9.72. The number of hydrogen-bond donors (Lipinski definition) is 1. The SMILES string of the molecule is C[C@]1(C(=O)O)CC[C@H](CS(=O)(=O)Cl)CC1. The van der Waals surface area contributed by atoms with Crippen LogP contribution in [0.15, 0.2) is 0 Å². The first-order valence-electron chi connectivity index (χ1n) is 4.89. The molecule has 0 heterocycles. The van der Waals surface area contributed by atoms with Crippen LogP contribution in [0.1, 0.15) is 32.6 Å². The first-order chi connectivity index (χ1) is 6.73. The second-order valence-corrected chi connectivity index (χ2v) is 7.34. The summed E-state index contributed by atoms with van der Waals surface area (Å²) in [7, 11) is 1.70. The number of carboxylic acid groups (broad SMARTS) is 1. The Morgan fingerprint density at radius 1 is 1.47 bits per heavy atom. The van der Waals surface area contributed by atoms with E-state index in [2.05, 4.69) is 0 Å². The maximum absolute atomic E-state index is 10.9. The summed E-state index contributed by atoms with van der Waals surface area (Å²) in [4.78, 5) is 10.9. The highest BCUT2D eigenvalue weighted by atomic mass is 35.7. The third-order valence-electron chi connectivity index (χ3n) is 3.16. The van der Waals surface area contributed by atoms with E-state index in [0.29, 0.717) is 25.7 Å². The van der Waals surface area contributed by atoms with Crippen LogP contribution in [0, 0.1) is 11.3 Å². The summed E-state index contributed by atoms with van der Waals surface area (Å²) in [5.41, 5.74) is -0.688. The average molecular weight is 255 g/mol. The zero-order valence-corrected chi connectivity index (χ0v) is 10.1. The van der Waals surface area contributed by atoms with Gasteiger partial charge in [0, 0.05) is 10.7 Å². The maximum atomic E-state index is 10.9. The minimum atomic E-state index is -3.46. The fourth-order valence-corrected chi connectivity index (χ4v) is 3.41. The van der Waals surface area contributed by atoms with Gasteiger partial charge in [0.1, 0.15) is 0 Å². The number of aliphatic carboxylic acids is 1. The Hall–Kier alpha value is -0.290. The Bertz CT molecular complexity index is 341. The van der Waals surface area contributed by atoms with Crippen molar-refractivity contribution >= 4 is 25.7 Å². The monoisotopic (exact) mass is 254 g/mol. The highest BCUT2D eigenvalue weighted by Gasteiger charge is 2.38. The summed E-state index contributed by atoms with van der Waals surface area (Å²) in [6, 6.07) is 0. The summed E-state index contributed by atoms with van der Waals surface area (Å²) < 4.78 is 21.7. The van der Waals surface area contributed by atoms with E-state index in [1.54, 1.807) is 6.92 Å². The van der Waals surface area contributed by atoms with E-state index in [4.69, 9.17) is 15.8 Å². The average Bonchev–Trinajstić information content (AvgIpc) is 2.07. The molecule has 0 bridgehead atoms. The molecule has 0 aromatic rings. The molecule has 1 fully saturated rings. The van der Waals surface area contributed by atoms with Gasteiger partial charge < -0.3 is 5.11 Å². The molecule has 0 spiro atoms. The number of hydrogen-bond acceptors (Lipinski definition) is 3. The quantitative estimate of drug-likeness (QED) is 0.780. The molecule has 6 heteroatoms. The van der Waals surface area contributed by atoms with E-state index >= 15 is 0 Å². The van der Waals surface area contributed by atoms with E-state index in [1.165, 1.54) is 0 Å². The van der Waals surface area contributed by atoms with Crippen molar-refractivity contribution in [2.45, 2.75) is 32.6 Å². The number of carboxylic acids is 1. The molecule has 1 aliphatic rings. The molecule has 88 valence electrons. The first-order valence-corrected chi connectivity index (χ1v) is 7.36. The van der Waals surface area contributed by atoms with Crippen molar-refractivity contribution in [3.63, 3.8) is 0 Å². The highest BCUT2D eigenvalue weighted by molar-refractivity contribution is 8.13. The van der Waals surface area contributed by atoms with Crippen molar-refractivity contribution in [1.82, 2.24) is 0 Å². The molecular formula is C9H15ClO4S. The van der Waals surface area contributed by atoms with Gasteiger partial charge in [0.25, 0.3) is 0 Å². The van der Waals surface area contributed by atoms with Gasteiger partial charge in [0.2, 0.25) is 9.05 Å². The Morgan fingerprint density at radius 2 is 1.93 bits per heavy atom. The van der Waals surface area contributed by atoms with E-state index in [0.717, 1.165) is 0 Å². The van der Waals surface area contributed by atoms with Gasteiger partial charge in [-0.3, -0.25) is 4.79 Å². The summed E-state index contributed by atoms with van der Waals surface area (Å²) in [6.07, 6.45) is 2.29. The standard InChI is InChI=1S/C9H15ClO4S/c1-9(8(11)12)4-2-7(3-5-9)6-15(10,13)14/h7H,2-6H2,1H3,(H,11,12)/t7-,9-. The van der Waals surface area contributed by atoms with E-state index in [1.807, 2.05) is 0 Å². The van der Waals surface area contributed by atoms with Gasteiger partial charge in [-0.05, 0) is 38.5 Å². The summed E-state index contributed by atoms with van der Waals surface area (Å²) in [6.45, 7) is 1.71. The molecule has 4 nitrogen and oxygen atoms in total. The van der Waals surface area contributed by atoms with Crippen LogP contribution in [0.25, 0.3) is 0 Å². The summed E-state index contributed by atoms with van der Waals surface area (Å²) in [5.74, 6) is -0.820. The molecule has 0 saturated heterocycles. The number of carbonyl (C=O) groups is 1. The smallest absolute Gasteiger partial charge is 0.309 e. The zero-order chi connectivity index (χ0) is 11.7. The normalized spacial score (nSPS) is 32.5. The maximum Gasteiger partial charge on any atom is 0.309 e. The topological polar surface area (TPSA) is 71.4 Å². The van der Waals surface area contributed by atoms with Crippen LogP contribution in [0.2, 0.25) is 0 Å². The predicted molar refractivity (Wildman–Crippen MR) is 57.3 cm³/mol. The van der Waals surface area contributed by atoms with Crippen LogP contribution >= 0.6 is 10.7 Å². The molecule has 0 aliphatic heterocycles. The molecule has 0 amide bonds. The molecule has 1 aliphatic carbocycles. The number of halogens is 1. The van der Waals surface area contributed by atoms with Gasteiger partial charge in [-0.25, -0.2) is 8.42 Å². The molecular weight excluding hydrogens is 240 g/mol. The lowest BCUT2D eigenvalue weighted by molar-refractivity contribution is -0.150. The lowest BCUT2D eigenvalue weighted by Gasteiger charge is -2.33. The third-order valence-corrected chi connectivity index (χ3v) is 4.41. The van der Waals surface area contributed by atoms with Crippen LogP contribution < -0.4 is 0 Å². The van der Waals surface area contributed by atoms with Crippen molar-refractivity contribution < 1.29 is 18.3 Å². The fourth-order valence-electron chi connectivity index (χ4n) is 1.98. The first kappa shape index (κ1) is 12.8. The molecule has 0 atom stereocenters. The molecule has 0 radical (unpaired) electrons. The van der Waals surface area contributed by atoms with Crippen molar-refractivity contribution in [2.24, 2.45) is 11.3 Å². The minimum Gasteiger partial charge on any atom is -0.481 e. The Labute approximate surface area is 94.0 Å². The van der Waals surface area contributed by atoms with Gasteiger partial charge in [0.05, 0.1) is 11.2 Å². The van der Waals surface area contributed by atoms with Gasteiger partial charge in [-0.15, -0.1) is 0 Å². The van der Waals surface area contributed by atoms with E-state index < -0.39 is 20.4 Å². The highest BCUT2D eigenvalue weighted by Crippen LogP contribution is 2.39. The second kappa shape index (κ2) is 4.29. The molecule has 1 saturated carbocycles. The molecule has 1 rings (SSSR count). The molecule has 0 aromatic carbocycles. The van der Waals surface area contributed by atoms with Gasteiger partial charge in [-0.2, -0.15) is 0 Å². The van der Waals surface area contributed by atoms with Crippen molar-refractivity contribution in [1.29, 1.82) is 0 Å². The van der Waals surface area contributed by atoms with Crippen LogP contribution in [0.5, 0.6) is 0 Å². The van der Waals surface area contributed by atoms with E-state index in [9.17, 15) is 13.2 Å². The van der Waals surface area contributed by atoms with E-state index in [-0.39, 0.29) is 11.7 Å². The third kappa shape index (κ3) is 3.65. The van der Waals surface area contributed by atoms with Crippen molar-refractivity contribution in [2.75, 3.05) is 5.75 Å². The Kier molecular flexibility index (Phi) is 3.66. The van der Waals surface area contributed by atoms with Gasteiger partial charge >= 0.3 is 5.97 Å². The lowest BCUT2D eigenvalue weighted by Crippen LogP contribution is -2.33. The van der Waals surface area contributed by atoms with Crippen LogP contribution in [-0.2, 0) is 13.8 Å². The number of rotatable bonds is 3. The van der Waals surface area contributed by atoms with Crippen molar-refractivity contribution in [3.05, 3.63) is 0 Å². The zero-order valence-electron chi connectivity index (χ0n) is 8.57. The largest absolute Gasteiger partial charge is 0.481 e. The van der Waals surface area contributed by atoms with Gasteiger partial charge in [0.15, 0.2) is 0 Å². The summed E-state index contributed by atoms with van der Waals surface area (Å²) in [5, 5.41) is 8.97. The van der Waals surface area contributed by atoms with Crippen LogP contribution in [0.4, 0.5) is 0 Å². The van der Waals surface area contributed by atoms with Gasteiger partial charge in [-0.1, -0.05) is 0 Å². The van der Waals surface area contributed by atoms with Crippen LogP contribution in [-0.4, -0.2) is 25.2 Å². The fraction of sp³-hybridized carbons (Fsp3) is 0.889. The minimum absolute atomic E-state index is 0.0138. The molecule has 0 aromatic heterocycles. The molecule has 1 N–H and O–H groups in total.